The van der Waals surface area contributed by atoms with E-state index in [1.54, 1.807) is 42.6 Å². The SMILES string of the molecule is Cc1ccc(N(CC(=O)N/N=C\c2cc(C)n(-c3c(C)cccc3C)c2C)S(=O)(=O)c2ccc(C)cc2)cc1. The van der Waals surface area contributed by atoms with E-state index >= 15 is 0 Å². The molecule has 4 rings (SSSR count). The van der Waals surface area contributed by atoms with Crippen molar-refractivity contribution in [2.75, 3.05) is 10.8 Å². The second-order valence-electron chi connectivity index (χ2n) is 9.86. The number of hydrazone groups is 1. The zero-order valence-corrected chi connectivity index (χ0v) is 24.0. The molecule has 8 heteroatoms. The lowest BCUT2D eigenvalue weighted by Gasteiger charge is -2.24. The molecule has 1 aromatic heterocycles. The maximum Gasteiger partial charge on any atom is 0.264 e. The average molecular weight is 543 g/mol. The summed E-state index contributed by atoms with van der Waals surface area (Å²) < 4.78 is 30.4. The van der Waals surface area contributed by atoms with E-state index in [0.29, 0.717) is 5.69 Å². The summed E-state index contributed by atoms with van der Waals surface area (Å²) in [5.74, 6) is -0.550. The molecule has 0 aliphatic rings. The van der Waals surface area contributed by atoms with Gasteiger partial charge in [0.05, 0.1) is 22.5 Å². The first kappa shape index (κ1) is 27.9. The Kier molecular flexibility index (Phi) is 8.06. The number of para-hydroxylation sites is 1. The maximum absolute atomic E-state index is 13.5. The summed E-state index contributed by atoms with van der Waals surface area (Å²) in [6.45, 7) is 11.6. The molecule has 202 valence electrons. The second-order valence-corrected chi connectivity index (χ2v) is 11.7. The summed E-state index contributed by atoms with van der Waals surface area (Å²) in [7, 11) is -3.99. The lowest BCUT2D eigenvalue weighted by atomic mass is 10.1. The van der Waals surface area contributed by atoms with E-state index in [4.69, 9.17) is 0 Å². The summed E-state index contributed by atoms with van der Waals surface area (Å²) in [4.78, 5) is 13.1. The van der Waals surface area contributed by atoms with Crippen molar-refractivity contribution in [3.63, 3.8) is 0 Å². The van der Waals surface area contributed by atoms with E-state index < -0.39 is 22.5 Å². The normalized spacial score (nSPS) is 11.6. The van der Waals surface area contributed by atoms with Crippen molar-refractivity contribution in [1.82, 2.24) is 9.99 Å². The van der Waals surface area contributed by atoms with Crippen LogP contribution in [0.15, 0.2) is 82.8 Å². The molecule has 0 bridgehead atoms. The number of aryl methyl sites for hydroxylation is 5. The van der Waals surface area contributed by atoms with Gasteiger partial charge in [-0.05, 0) is 83.0 Å². The number of hydrogen-bond donors (Lipinski definition) is 1. The Hall–Kier alpha value is -4.17. The van der Waals surface area contributed by atoms with Gasteiger partial charge in [0.1, 0.15) is 6.54 Å². The van der Waals surface area contributed by atoms with Crippen LogP contribution in [0.25, 0.3) is 5.69 Å². The number of aromatic nitrogens is 1. The van der Waals surface area contributed by atoms with Gasteiger partial charge in [-0.2, -0.15) is 5.10 Å². The Morgan fingerprint density at radius 2 is 1.44 bits per heavy atom. The minimum atomic E-state index is -3.99. The first-order valence-corrected chi connectivity index (χ1v) is 14.2. The number of carbonyl (C=O) groups excluding carboxylic acids is 1. The van der Waals surface area contributed by atoms with Gasteiger partial charge in [-0.3, -0.25) is 9.10 Å². The predicted octanol–water partition coefficient (Wildman–Crippen LogP) is 5.67. The van der Waals surface area contributed by atoms with Crippen LogP contribution in [0.3, 0.4) is 0 Å². The molecule has 0 unspecified atom stereocenters. The highest BCUT2D eigenvalue weighted by Crippen LogP contribution is 2.26. The molecule has 0 saturated heterocycles. The molecule has 3 aromatic carbocycles. The fourth-order valence-electron chi connectivity index (χ4n) is 4.62. The van der Waals surface area contributed by atoms with Crippen LogP contribution in [0.1, 0.15) is 39.2 Å². The molecule has 4 aromatic rings. The van der Waals surface area contributed by atoms with Crippen LogP contribution in [0.5, 0.6) is 0 Å². The molecular formula is C31H34N4O3S. The molecule has 0 atom stereocenters. The van der Waals surface area contributed by atoms with Gasteiger partial charge in [0, 0.05) is 17.0 Å². The third-order valence-electron chi connectivity index (χ3n) is 6.74. The van der Waals surface area contributed by atoms with E-state index in [1.807, 2.05) is 52.0 Å². The number of anilines is 1. The van der Waals surface area contributed by atoms with Gasteiger partial charge in [-0.15, -0.1) is 0 Å². The van der Waals surface area contributed by atoms with Crippen LogP contribution in [0.2, 0.25) is 0 Å². The standard InChI is InChI=1S/C31H34N4O3S/c1-21-10-14-28(15-11-21)34(39(37,38)29-16-12-22(2)13-17-29)20-30(36)33-32-19-27-18-25(5)35(26(27)6)31-23(3)8-7-9-24(31)4/h7-19H,20H2,1-6H3,(H,33,36)/b32-19-. The van der Waals surface area contributed by atoms with Gasteiger partial charge < -0.3 is 4.57 Å². The Morgan fingerprint density at radius 1 is 0.872 bits per heavy atom. The molecule has 1 heterocycles. The molecule has 7 nitrogen and oxygen atoms in total. The van der Waals surface area contributed by atoms with Crippen molar-refractivity contribution in [2.24, 2.45) is 5.10 Å². The quantitative estimate of drug-likeness (QED) is 0.230. The zero-order valence-electron chi connectivity index (χ0n) is 23.2. The van der Waals surface area contributed by atoms with Gasteiger partial charge in [0.25, 0.3) is 15.9 Å². The van der Waals surface area contributed by atoms with Crippen molar-refractivity contribution < 1.29 is 13.2 Å². The van der Waals surface area contributed by atoms with E-state index in [0.717, 1.165) is 38.1 Å². The van der Waals surface area contributed by atoms with E-state index in [2.05, 4.69) is 41.1 Å². The highest BCUT2D eigenvalue weighted by Gasteiger charge is 2.27. The number of carbonyl (C=O) groups is 1. The van der Waals surface area contributed by atoms with Gasteiger partial charge >= 0.3 is 0 Å². The molecule has 0 radical (unpaired) electrons. The fraction of sp³-hybridized carbons (Fsp3) is 0.226. The number of amides is 1. The fourth-order valence-corrected chi connectivity index (χ4v) is 6.04. The molecule has 1 N–H and O–H groups in total. The van der Waals surface area contributed by atoms with Crippen molar-refractivity contribution >= 4 is 27.8 Å². The van der Waals surface area contributed by atoms with Crippen LogP contribution < -0.4 is 9.73 Å². The van der Waals surface area contributed by atoms with Crippen molar-refractivity contribution in [2.45, 2.75) is 46.4 Å². The Morgan fingerprint density at radius 3 is 2.03 bits per heavy atom. The largest absolute Gasteiger partial charge is 0.317 e. The molecule has 0 spiro atoms. The number of sulfonamides is 1. The van der Waals surface area contributed by atoms with Crippen LogP contribution >= 0.6 is 0 Å². The summed E-state index contributed by atoms with van der Waals surface area (Å²) in [6, 6.07) is 21.8. The molecule has 0 fully saturated rings. The number of nitrogens with zero attached hydrogens (tertiary/aromatic N) is 3. The van der Waals surface area contributed by atoms with Gasteiger partial charge in [0.2, 0.25) is 0 Å². The smallest absolute Gasteiger partial charge is 0.264 e. The molecule has 1 amide bonds. The van der Waals surface area contributed by atoms with E-state index in [-0.39, 0.29) is 4.90 Å². The average Bonchev–Trinajstić information content (AvgIpc) is 3.16. The first-order chi connectivity index (χ1) is 18.5. The van der Waals surface area contributed by atoms with Crippen molar-refractivity contribution in [3.05, 3.63) is 112 Å². The van der Waals surface area contributed by atoms with Crippen LogP contribution in [0, 0.1) is 41.5 Å². The lowest BCUT2D eigenvalue weighted by Crippen LogP contribution is -2.39. The lowest BCUT2D eigenvalue weighted by molar-refractivity contribution is -0.119. The third-order valence-corrected chi connectivity index (χ3v) is 8.53. The molecular weight excluding hydrogens is 508 g/mol. The van der Waals surface area contributed by atoms with Gasteiger partial charge in [-0.25, -0.2) is 13.8 Å². The van der Waals surface area contributed by atoms with E-state index in [9.17, 15) is 13.2 Å². The highest BCUT2D eigenvalue weighted by atomic mass is 32.2. The zero-order chi connectivity index (χ0) is 28.3. The topological polar surface area (TPSA) is 83.8 Å². The van der Waals surface area contributed by atoms with Crippen molar-refractivity contribution in [1.29, 1.82) is 0 Å². The third kappa shape index (κ3) is 5.96. The number of nitrogens with one attached hydrogen (secondary N) is 1. The summed E-state index contributed by atoms with van der Waals surface area (Å²) >= 11 is 0. The summed E-state index contributed by atoms with van der Waals surface area (Å²) in [5, 5.41) is 4.16. The molecule has 0 saturated carbocycles. The Balaban J connectivity index is 1.57. The highest BCUT2D eigenvalue weighted by molar-refractivity contribution is 7.92. The molecule has 0 aliphatic heterocycles. The second kappa shape index (κ2) is 11.3. The van der Waals surface area contributed by atoms with Crippen LogP contribution in [-0.4, -0.2) is 31.7 Å². The Labute approximate surface area is 230 Å². The molecule has 0 aliphatic carbocycles. The van der Waals surface area contributed by atoms with E-state index in [1.165, 1.54) is 11.1 Å². The maximum atomic E-state index is 13.5. The minimum Gasteiger partial charge on any atom is -0.317 e. The first-order valence-electron chi connectivity index (χ1n) is 12.7. The number of benzene rings is 3. The summed E-state index contributed by atoms with van der Waals surface area (Å²) in [6.07, 6.45) is 1.59. The summed E-state index contributed by atoms with van der Waals surface area (Å²) in [5.41, 5.74) is 11.2. The van der Waals surface area contributed by atoms with Gasteiger partial charge in [-0.1, -0.05) is 53.6 Å². The van der Waals surface area contributed by atoms with Crippen LogP contribution in [0.4, 0.5) is 5.69 Å². The van der Waals surface area contributed by atoms with Gasteiger partial charge in [0.15, 0.2) is 0 Å². The Bertz CT molecular complexity index is 1610. The minimum absolute atomic E-state index is 0.115. The monoisotopic (exact) mass is 542 g/mol. The molecule has 39 heavy (non-hydrogen) atoms. The predicted molar refractivity (Wildman–Crippen MR) is 157 cm³/mol. The number of hydrogen-bond acceptors (Lipinski definition) is 4. The van der Waals surface area contributed by atoms with Crippen molar-refractivity contribution in [3.8, 4) is 5.69 Å². The number of rotatable bonds is 8. The van der Waals surface area contributed by atoms with Crippen LogP contribution in [-0.2, 0) is 14.8 Å².